The number of aromatic nitrogens is 1. The molecule has 0 bridgehead atoms. The van der Waals surface area contributed by atoms with Crippen molar-refractivity contribution in [3.05, 3.63) is 17.1 Å². The fourth-order valence-electron chi connectivity index (χ4n) is 0.691. The third kappa shape index (κ3) is 4.89. The molecule has 1 N–H and O–H groups in total. The van der Waals surface area contributed by atoms with E-state index in [-0.39, 0.29) is 0 Å². The zero-order valence-electron chi connectivity index (χ0n) is 6.32. The quantitative estimate of drug-likeness (QED) is 0.627. The van der Waals surface area contributed by atoms with E-state index in [2.05, 4.69) is 10.3 Å². The summed E-state index contributed by atoms with van der Waals surface area (Å²) in [6.07, 6.45) is 1.77. The number of ether oxygens (including phenoxy) is 1. The lowest BCUT2D eigenvalue weighted by molar-refractivity contribution is 0.109. The van der Waals surface area contributed by atoms with E-state index in [0.29, 0.717) is 0 Å². The van der Waals surface area contributed by atoms with Gasteiger partial charge >= 0.3 is 0 Å². The van der Waals surface area contributed by atoms with Crippen molar-refractivity contribution in [3.8, 4) is 0 Å². The van der Waals surface area contributed by atoms with Gasteiger partial charge in [0.15, 0.2) is 0 Å². The average molecular weight is 172 g/mol. The fourth-order valence-corrected chi connectivity index (χ4v) is 1.04. The van der Waals surface area contributed by atoms with Crippen LogP contribution in [0.25, 0.3) is 0 Å². The van der Waals surface area contributed by atoms with Crippen LogP contribution in [-0.4, -0.2) is 31.3 Å². The van der Waals surface area contributed by atoms with Gasteiger partial charge in [-0.25, -0.2) is 0 Å². The van der Waals surface area contributed by atoms with Crippen LogP contribution in [0.15, 0.2) is 17.1 Å². The first-order valence-corrected chi connectivity index (χ1v) is 4.55. The van der Waals surface area contributed by atoms with Gasteiger partial charge in [-0.15, -0.1) is 11.3 Å². The minimum Gasteiger partial charge on any atom is -0.379 e. The molecule has 0 aliphatic carbocycles. The summed E-state index contributed by atoms with van der Waals surface area (Å²) in [5, 5.41) is 5.09. The predicted octanol–water partition coefficient (Wildman–Crippen LogP) is 0.749. The number of hydrogen-bond acceptors (Lipinski definition) is 4. The number of morpholine rings is 1. The van der Waals surface area contributed by atoms with E-state index >= 15 is 0 Å². The maximum Gasteiger partial charge on any atom is 0.0791 e. The van der Waals surface area contributed by atoms with Gasteiger partial charge in [0.25, 0.3) is 0 Å². The largest absolute Gasteiger partial charge is 0.379 e. The van der Waals surface area contributed by atoms with E-state index in [1.165, 1.54) is 0 Å². The summed E-state index contributed by atoms with van der Waals surface area (Å²) in [4.78, 5) is 3.74. The van der Waals surface area contributed by atoms with E-state index in [9.17, 15) is 0 Å². The van der Waals surface area contributed by atoms with Gasteiger partial charge in [-0.3, -0.25) is 4.98 Å². The van der Waals surface area contributed by atoms with Gasteiger partial charge in [0.05, 0.1) is 18.7 Å². The van der Waals surface area contributed by atoms with Gasteiger partial charge in [0, 0.05) is 24.7 Å². The van der Waals surface area contributed by atoms with Gasteiger partial charge in [-0.05, 0) is 0 Å². The Labute approximate surface area is 70.4 Å². The van der Waals surface area contributed by atoms with Gasteiger partial charge in [-0.2, -0.15) is 0 Å². The molecule has 1 fully saturated rings. The minimum absolute atomic E-state index is 0.889. The Bertz CT molecular complexity index is 123. The van der Waals surface area contributed by atoms with E-state index in [1.54, 1.807) is 23.0 Å². The lowest BCUT2D eigenvalue weighted by Gasteiger charge is -2.10. The van der Waals surface area contributed by atoms with Crippen molar-refractivity contribution < 1.29 is 4.74 Å². The van der Waals surface area contributed by atoms with E-state index in [4.69, 9.17) is 4.74 Å². The van der Waals surface area contributed by atoms with Crippen molar-refractivity contribution in [2.75, 3.05) is 26.3 Å². The molecular formula is C7H12N2OS. The van der Waals surface area contributed by atoms with Crippen LogP contribution >= 0.6 is 11.3 Å². The Morgan fingerprint density at radius 2 is 2.18 bits per heavy atom. The highest BCUT2D eigenvalue weighted by Crippen LogP contribution is 1.85. The molecule has 2 rings (SSSR count). The SMILES string of the molecule is C1COCCN1.c1cscn1. The van der Waals surface area contributed by atoms with Gasteiger partial charge in [-0.1, -0.05) is 0 Å². The lowest BCUT2D eigenvalue weighted by Crippen LogP contribution is -2.30. The number of rotatable bonds is 0. The van der Waals surface area contributed by atoms with E-state index < -0.39 is 0 Å². The van der Waals surface area contributed by atoms with Gasteiger partial charge in [0.1, 0.15) is 0 Å². The predicted molar refractivity (Wildman–Crippen MR) is 45.8 cm³/mol. The molecule has 1 saturated heterocycles. The molecule has 62 valence electrons. The Kier molecular flexibility index (Phi) is 4.93. The smallest absolute Gasteiger partial charge is 0.0791 e. The maximum absolute atomic E-state index is 5.01. The molecule has 0 radical (unpaired) electrons. The molecule has 0 unspecified atom stereocenters. The number of hydrogen-bond donors (Lipinski definition) is 1. The second kappa shape index (κ2) is 6.27. The molecule has 0 aromatic carbocycles. The van der Waals surface area contributed by atoms with E-state index in [0.717, 1.165) is 26.3 Å². The highest BCUT2D eigenvalue weighted by atomic mass is 32.1. The number of thiazole rings is 1. The van der Waals surface area contributed by atoms with Crippen molar-refractivity contribution in [2.24, 2.45) is 0 Å². The first-order valence-electron chi connectivity index (χ1n) is 3.61. The van der Waals surface area contributed by atoms with E-state index in [1.807, 2.05) is 5.38 Å². The standard InChI is InChI=1S/C4H9NO.C3H3NS/c1-3-6-4-2-5-1;1-2-5-3-4-1/h5H,1-4H2;1-3H. The Hall–Kier alpha value is -0.450. The molecule has 4 heteroatoms. The summed E-state index contributed by atoms with van der Waals surface area (Å²) in [6, 6.07) is 0. The summed E-state index contributed by atoms with van der Waals surface area (Å²) >= 11 is 1.60. The molecule has 1 aliphatic rings. The zero-order valence-corrected chi connectivity index (χ0v) is 7.14. The Balaban J connectivity index is 0.000000112. The summed E-state index contributed by atoms with van der Waals surface area (Å²) in [7, 11) is 0. The molecule has 1 aromatic rings. The third-order valence-corrected chi connectivity index (χ3v) is 1.72. The Morgan fingerprint density at radius 3 is 2.36 bits per heavy atom. The minimum atomic E-state index is 0.889. The zero-order chi connectivity index (χ0) is 7.78. The first kappa shape index (κ1) is 8.64. The maximum atomic E-state index is 5.01. The first-order chi connectivity index (χ1) is 5.50. The second-order valence-corrected chi connectivity index (χ2v) is 2.79. The molecule has 1 aliphatic heterocycles. The summed E-state index contributed by atoms with van der Waals surface area (Å²) in [6.45, 7) is 3.83. The average Bonchev–Trinajstić information content (AvgIpc) is 2.64. The van der Waals surface area contributed by atoms with Crippen molar-refractivity contribution >= 4 is 11.3 Å². The van der Waals surface area contributed by atoms with Crippen LogP contribution in [0.4, 0.5) is 0 Å². The topological polar surface area (TPSA) is 34.1 Å². The van der Waals surface area contributed by atoms with Crippen LogP contribution in [0.1, 0.15) is 0 Å². The molecule has 0 spiro atoms. The van der Waals surface area contributed by atoms with Crippen LogP contribution in [0.3, 0.4) is 0 Å². The highest BCUT2D eigenvalue weighted by Gasteiger charge is 1.92. The van der Waals surface area contributed by atoms with Crippen molar-refractivity contribution in [1.29, 1.82) is 0 Å². The summed E-state index contributed by atoms with van der Waals surface area (Å²) < 4.78 is 5.01. The number of nitrogens with zero attached hydrogens (tertiary/aromatic N) is 1. The molecule has 2 heterocycles. The second-order valence-electron chi connectivity index (χ2n) is 2.04. The number of nitrogens with one attached hydrogen (secondary N) is 1. The molecule has 1 aromatic heterocycles. The lowest BCUT2D eigenvalue weighted by atomic mass is 10.5. The van der Waals surface area contributed by atoms with Gasteiger partial charge in [0.2, 0.25) is 0 Å². The molecule has 0 amide bonds. The van der Waals surface area contributed by atoms with Gasteiger partial charge < -0.3 is 10.1 Å². The normalized spacial score (nSPS) is 16.7. The monoisotopic (exact) mass is 172 g/mol. The van der Waals surface area contributed by atoms with Crippen LogP contribution in [0.2, 0.25) is 0 Å². The van der Waals surface area contributed by atoms with Crippen LogP contribution < -0.4 is 5.32 Å². The molecular weight excluding hydrogens is 160 g/mol. The molecule has 0 saturated carbocycles. The van der Waals surface area contributed by atoms with Crippen LogP contribution in [-0.2, 0) is 4.74 Å². The highest BCUT2D eigenvalue weighted by molar-refractivity contribution is 7.07. The third-order valence-electron chi connectivity index (χ3n) is 1.19. The molecule has 11 heavy (non-hydrogen) atoms. The molecule has 0 atom stereocenters. The summed E-state index contributed by atoms with van der Waals surface area (Å²) in [5.41, 5.74) is 1.79. The van der Waals surface area contributed by atoms with Crippen molar-refractivity contribution in [3.63, 3.8) is 0 Å². The van der Waals surface area contributed by atoms with Crippen LogP contribution in [0.5, 0.6) is 0 Å². The van der Waals surface area contributed by atoms with Crippen LogP contribution in [0, 0.1) is 0 Å². The summed E-state index contributed by atoms with van der Waals surface area (Å²) in [5.74, 6) is 0. The molecule has 3 nitrogen and oxygen atoms in total. The van der Waals surface area contributed by atoms with Crippen molar-refractivity contribution in [1.82, 2.24) is 10.3 Å². The van der Waals surface area contributed by atoms with Crippen molar-refractivity contribution in [2.45, 2.75) is 0 Å². The fraction of sp³-hybridized carbons (Fsp3) is 0.571. The Morgan fingerprint density at radius 1 is 1.36 bits per heavy atom.